The van der Waals surface area contributed by atoms with E-state index in [1.165, 1.54) is 0 Å². The third-order valence-electron chi connectivity index (χ3n) is 6.77. The zero-order valence-electron chi connectivity index (χ0n) is 19.8. The number of halogens is 2. The number of carbonyl (C=O) groups excluding carboxylic acids is 1. The number of hydrogen-bond donors (Lipinski definition) is 1. The van der Waals surface area contributed by atoms with Crippen LogP contribution in [0.1, 0.15) is 42.0 Å². The first-order valence-electron chi connectivity index (χ1n) is 12.2. The van der Waals surface area contributed by atoms with Crippen molar-refractivity contribution < 1.29 is 13.6 Å². The van der Waals surface area contributed by atoms with Gasteiger partial charge in [0.15, 0.2) is 0 Å². The number of para-hydroxylation sites is 2. The molecule has 1 aliphatic heterocycles. The molecular weight excluding hydrogens is 476 g/mol. The molecule has 9 heteroatoms. The molecule has 0 saturated carbocycles. The van der Waals surface area contributed by atoms with Crippen molar-refractivity contribution in [3.63, 3.8) is 0 Å². The summed E-state index contributed by atoms with van der Waals surface area (Å²) >= 11 is 0. The first-order chi connectivity index (χ1) is 18.0. The van der Waals surface area contributed by atoms with Gasteiger partial charge in [-0.25, -0.2) is 9.97 Å². The van der Waals surface area contributed by atoms with Crippen molar-refractivity contribution in [2.45, 2.75) is 38.8 Å². The normalized spacial score (nSPS) is 13.6. The number of carbonyl (C=O) groups is 1. The fourth-order valence-electron chi connectivity index (χ4n) is 4.91. The molecule has 0 fully saturated rings. The monoisotopic (exact) mass is 499 g/mol. The maximum atomic E-state index is 13.8. The Labute approximate surface area is 210 Å². The summed E-state index contributed by atoms with van der Waals surface area (Å²) in [6, 6.07) is 18.2. The average Bonchev–Trinajstić information content (AvgIpc) is 3.14. The predicted octanol–water partition coefficient (Wildman–Crippen LogP) is 5.79. The lowest BCUT2D eigenvalue weighted by Gasteiger charge is -2.11. The van der Waals surface area contributed by atoms with Crippen molar-refractivity contribution in [3.8, 4) is 11.4 Å². The molecule has 37 heavy (non-hydrogen) atoms. The molecule has 1 amide bonds. The number of anilines is 1. The van der Waals surface area contributed by atoms with Crippen LogP contribution in [0.15, 0.2) is 71.5 Å². The molecule has 1 aliphatic rings. The van der Waals surface area contributed by atoms with Crippen LogP contribution >= 0.6 is 0 Å². The Morgan fingerprint density at radius 3 is 2.54 bits per heavy atom. The summed E-state index contributed by atoms with van der Waals surface area (Å²) in [7, 11) is 0. The van der Waals surface area contributed by atoms with Crippen molar-refractivity contribution in [1.82, 2.24) is 19.1 Å². The summed E-state index contributed by atoms with van der Waals surface area (Å²) in [6.45, 7) is -2.07. The Hall–Kier alpha value is -4.40. The fraction of sp³-hybridized carbons (Fsp3) is 0.214. The number of aromatic nitrogens is 4. The highest BCUT2D eigenvalue weighted by atomic mass is 19.3. The van der Waals surface area contributed by atoms with Crippen LogP contribution in [-0.2, 0) is 13.0 Å². The average molecular weight is 500 g/mol. The van der Waals surface area contributed by atoms with E-state index in [1.807, 2.05) is 0 Å². The van der Waals surface area contributed by atoms with E-state index in [0.29, 0.717) is 45.3 Å². The number of rotatable bonds is 4. The van der Waals surface area contributed by atoms with Gasteiger partial charge in [0.05, 0.1) is 21.9 Å². The number of aryl methyl sites for hydroxylation is 1. The largest absolute Gasteiger partial charge is 0.322 e. The molecular formula is C28H23F2N5O2. The van der Waals surface area contributed by atoms with Crippen molar-refractivity contribution in [3.05, 3.63) is 88.5 Å². The van der Waals surface area contributed by atoms with Gasteiger partial charge >= 0.3 is 6.55 Å². The molecule has 5 aromatic rings. The Kier molecular flexibility index (Phi) is 5.75. The lowest BCUT2D eigenvalue weighted by Crippen LogP contribution is -2.24. The molecule has 0 saturated heterocycles. The van der Waals surface area contributed by atoms with Crippen LogP contribution in [0.2, 0.25) is 0 Å². The van der Waals surface area contributed by atoms with Crippen molar-refractivity contribution in [1.29, 1.82) is 0 Å². The van der Waals surface area contributed by atoms with Gasteiger partial charge in [-0.1, -0.05) is 18.6 Å². The van der Waals surface area contributed by atoms with Gasteiger partial charge in [-0.15, -0.1) is 0 Å². The molecule has 0 radical (unpaired) electrons. The number of hydrogen-bond acceptors (Lipinski definition) is 4. The molecule has 0 spiro atoms. The van der Waals surface area contributed by atoms with Crippen LogP contribution in [0.3, 0.4) is 0 Å². The Morgan fingerprint density at radius 1 is 0.919 bits per heavy atom. The first-order valence-corrected chi connectivity index (χ1v) is 12.2. The second-order valence-electron chi connectivity index (χ2n) is 9.13. The molecule has 7 nitrogen and oxygen atoms in total. The van der Waals surface area contributed by atoms with Gasteiger partial charge in [0, 0.05) is 29.8 Å². The summed E-state index contributed by atoms with van der Waals surface area (Å²) < 4.78 is 30.3. The van der Waals surface area contributed by atoms with Crippen LogP contribution in [-0.4, -0.2) is 25.0 Å². The van der Waals surface area contributed by atoms with Crippen LogP contribution in [0.4, 0.5) is 14.5 Å². The van der Waals surface area contributed by atoms with E-state index in [-0.39, 0.29) is 17.3 Å². The zero-order valence-corrected chi connectivity index (χ0v) is 19.8. The summed E-state index contributed by atoms with van der Waals surface area (Å²) in [5.41, 5.74) is 2.66. The van der Waals surface area contributed by atoms with Gasteiger partial charge < -0.3 is 5.32 Å². The summed E-state index contributed by atoms with van der Waals surface area (Å²) in [6.07, 6.45) is 3.75. The molecule has 0 bridgehead atoms. The number of alkyl halides is 2. The molecule has 0 unspecified atom stereocenters. The summed E-state index contributed by atoms with van der Waals surface area (Å²) in [4.78, 5) is 35.0. The number of benzene rings is 3. The fourth-order valence-corrected chi connectivity index (χ4v) is 4.91. The van der Waals surface area contributed by atoms with Crippen molar-refractivity contribution in [2.75, 3.05) is 5.32 Å². The van der Waals surface area contributed by atoms with E-state index in [4.69, 9.17) is 0 Å². The summed E-state index contributed by atoms with van der Waals surface area (Å²) in [5.74, 6) is 0.560. The molecule has 6 rings (SSSR count). The van der Waals surface area contributed by atoms with Gasteiger partial charge in [0.25, 0.3) is 11.5 Å². The second-order valence-corrected chi connectivity index (χ2v) is 9.13. The van der Waals surface area contributed by atoms with Crippen molar-refractivity contribution >= 4 is 33.5 Å². The molecule has 186 valence electrons. The van der Waals surface area contributed by atoms with Crippen LogP contribution in [0.25, 0.3) is 33.3 Å². The van der Waals surface area contributed by atoms with Gasteiger partial charge in [-0.2, -0.15) is 8.78 Å². The number of fused-ring (bicyclic) bond motifs is 3. The third-order valence-corrected chi connectivity index (χ3v) is 6.77. The van der Waals surface area contributed by atoms with Gasteiger partial charge in [-0.3, -0.25) is 18.7 Å². The summed E-state index contributed by atoms with van der Waals surface area (Å²) in [5, 5.41) is 3.32. The molecule has 1 N–H and O–H groups in total. The standard InChI is InChI=1S/C28H23F2N5O2/c29-28(30)35-23-7-4-3-6-21(23)33-25(35)17-9-12-19(13-10-17)31-26(36)18-11-14-20-22(16-18)32-24-8-2-1-5-15-34(24)27(20)37/h3-4,6-7,9-14,16,28H,1-2,5,8,15H2,(H,31,36). The van der Waals surface area contributed by atoms with E-state index in [2.05, 4.69) is 15.3 Å². The lowest BCUT2D eigenvalue weighted by molar-refractivity contribution is 0.0764. The minimum absolute atomic E-state index is 0.0701. The van der Waals surface area contributed by atoms with Crippen LogP contribution in [0, 0.1) is 0 Å². The van der Waals surface area contributed by atoms with E-state index in [1.54, 1.807) is 71.3 Å². The quantitative estimate of drug-likeness (QED) is 0.340. The maximum absolute atomic E-state index is 13.8. The molecule has 3 heterocycles. The number of amides is 1. The van der Waals surface area contributed by atoms with Crippen LogP contribution in [0.5, 0.6) is 0 Å². The topological polar surface area (TPSA) is 81.8 Å². The molecule has 3 aromatic carbocycles. The van der Waals surface area contributed by atoms with E-state index >= 15 is 0 Å². The van der Waals surface area contributed by atoms with Gasteiger partial charge in [0.1, 0.15) is 11.6 Å². The number of nitrogens with zero attached hydrogens (tertiary/aromatic N) is 4. The predicted molar refractivity (Wildman–Crippen MR) is 138 cm³/mol. The molecule has 0 aliphatic carbocycles. The highest BCUT2D eigenvalue weighted by Crippen LogP contribution is 2.30. The first kappa shape index (κ1) is 23.0. The minimum atomic E-state index is -2.74. The van der Waals surface area contributed by atoms with Crippen molar-refractivity contribution in [2.24, 2.45) is 0 Å². The molecule has 0 atom stereocenters. The van der Waals surface area contributed by atoms with E-state index < -0.39 is 6.55 Å². The Bertz CT molecular complexity index is 1710. The number of nitrogens with one attached hydrogen (secondary N) is 1. The van der Waals surface area contributed by atoms with Gasteiger partial charge in [-0.05, 0) is 67.4 Å². The van der Waals surface area contributed by atoms with E-state index in [0.717, 1.165) is 36.1 Å². The van der Waals surface area contributed by atoms with E-state index in [9.17, 15) is 18.4 Å². The zero-order chi connectivity index (χ0) is 25.5. The highest BCUT2D eigenvalue weighted by molar-refractivity contribution is 6.06. The Morgan fingerprint density at radius 2 is 1.73 bits per heavy atom. The Balaban J connectivity index is 1.27. The maximum Gasteiger partial charge on any atom is 0.320 e. The smallest absolute Gasteiger partial charge is 0.320 e. The third kappa shape index (κ3) is 4.16. The SMILES string of the molecule is O=C(Nc1ccc(-c2nc3ccccc3n2C(F)F)cc1)c1ccc2c(=O)n3c(nc2c1)CCCCC3. The highest BCUT2D eigenvalue weighted by Gasteiger charge is 2.19. The number of imidazole rings is 1. The minimum Gasteiger partial charge on any atom is -0.322 e. The molecule has 2 aromatic heterocycles. The second kappa shape index (κ2) is 9.24. The lowest BCUT2D eigenvalue weighted by atomic mass is 10.1. The van der Waals surface area contributed by atoms with Crippen LogP contribution < -0.4 is 10.9 Å². The van der Waals surface area contributed by atoms with Gasteiger partial charge in [0.2, 0.25) is 0 Å².